The molecule has 0 aliphatic rings. The van der Waals surface area contributed by atoms with Crippen molar-refractivity contribution in [2.24, 2.45) is 12.0 Å². The van der Waals surface area contributed by atoms with Crippen molar-refractivity contribution in [2.75, 3.05) is 13.2 Å². The predicted molar refractivity (Wildman–Crippen MR) is 130 cm³/mol. The second-order valence-electron chi connectivity index (χ2n) is 6.67. The lowest BCUT2D eigenvalue weighted by Gasteiger charge is -2.13. The highest BCUT2D eigenvalue weighted by atomic mass is 127. The summed E-state index contributed by atoms with van der Waals surface area (Å²) >= 11 is 0. The number of nitrogens with zero attached hydrogens (tertiary/aromatic N) is 3. The molecule has 6 nitrogen and oxygen atoms in total. The molecule has 29 heavy (non-hydrogen) atoms. The number of nitrogens with one attached hydrogen (secondary N) is 2. The number of aromatic nitrogens is 2. The smallest absolute Gasteiger partial charge is 0.191 e. The molecule has 0 radical (unpaired) electrons. The van der Waals surface area contributed by atoms with E-state index in [1.807, 2.05) is 32.2 Å². The minimum absolute atomic E-state index is 0. The first kappa shape index (κ1) is 23.0. The van der Waals surface area contributed by atoms with Gasteiger partial charge >= 0.3 is 0 Å². The SMILES string of the molecule is CCNC(=NCc1ccc(C)cc1OCC)NCc1nc2ccccc2n1C.I. The molecule has 0 aliphatic carbocycles. The number of aryl methyl sites for hydroxylation is 2. The van der Waals surface area contributed by atoms with E-state index in [-0.39, 0.29) is 24.0 Å². The maximum Gasteiger partial charge on any atom is 0.191 e. The van der Waals surface area contributed by atoms with E-state index in [0.29, 0.717) is 19.7 Å². The van der Waals surface area contributed by atoms with Gasteiger partial charge in [-0.1, -0.05) is 24.3 Å². The van der Waals surface area contributed by atoms with E-state index in [1.54, 1.807) is 0 Å². The van der Waals surface area contributed by atoms with Crippen LogP contribution >= 0.6 is 24.0 Å². The number of rotatable bonds is 7. The van der Waals surface area contributed by atoms with Crippen LogP contribution in [-0.4, -0.2) is 28.7 Å². The molecule has 156 valence electrons. The lowest BCUT2D eigenvalue weighted by molar-refractivity contribution is 0.336. The van der Waals surface area contributed by atoms with Gasteiger partial charge in [-0.2, -0.15) is 0 Å². The minimum atomic E-state index is 0. The Balaban J connectivity index is 0.00000300. The molecule has 1 aromatic heterocycles. The van der Waals surface area contributed by atoms with Gasteiger partial charge in [0.25, 0.3) is 0 Å². The molecule has 0 aliphatic heterocycles. The monoisotopic (exact) mass is 507 g/mol. The van der Waals surface area contributed by atoms with Crippen LogP contribution in [0.15, 0.2) is 47.5 Å². The molecule has 0 bridgehead atoms. The predicted octanol–water partition coefficient (Wildman–Crippen LogP) is 4.15. The van der Waals surface area contributed by atoms with Gasteiger partial charge < -0.3 is 19.9 Å². The van der Waals surface area contributed by atoms with Gasteiger partial charge in [0.05, 0.1) is 30.7 Å². The van der Waals surface area contributed by atoms with Crippen LogP contribution in [0.5, 0.6) is 5.75 Å². The summed E-state index contributed by atoms with van der Waals surface area (Å²) in [6.07, 6.45) is 0. The fraction of sp³-hybridized carbons (Fsp3) is 0.364. The molecule has 0 amide bonds. The van der Waals surface area contributed by atoms with Gasteiger partial charge in [0.15, 0.2) is 5.96 Å². The maximum atomic E-state index is 5.77. The molecule has 1 heterocycles. The Labute approximate surface area is 189 Å². The number of fused-ring (bicyclic) bond motifs is 1. The van der Waals surface area contributed by atoms with Gasteiger partial charge in [0.2, 0.25) is 0 Å². The third-order valence-corrected chi connectivity index (χ3v) is 4.57. The first-order valence-electron chi connectivity index (χ1n) is 9.77. The fourth-order valence-electron chi connectivity index (χ4n) is 3.10. The van der Waals surface area contributed by atoms with Crippen LogP contribution < -0.4 is 15.4 Å². The Bertz CT molecular complexity index is 967. The number of hydrogen-bond donors (Lipinski definition) is 2. The van der Waals surface area contributed by atoms with Gasteiger partial charge in [0, 0.05) is 19.2 Å². The summed E-state index contributed by atoms with van der Waals surface area (Å²) in [7, 11) is 2.04. The summed E-state index contributed by atoms with van der Waals surface area (Å²) < 4.78 is 7.88. The van der Waals surface area contributed by atoms with Crippen LogP contribution in [-0.2, 0) is 20.1 Å². The zero-order valence-electron chi connectivity index (χ0n) is 17.5. The Hall–Kier alpha value is -2.29. The molecular weight excluding hydrogens is 477 g/mol. The molecule has 0 spiro atoms. The Morgan fingerprint density at radius 2 is 1.93 bits per heavy atom. The topological polar surface area (TPSA) is 63.5 Å². The van der Waals surface area contributed by atoms with E-state index in [4.69, 9.17) is 14.7 Å². The Kier molecular flexibility index (Phi) is 8.75. The van der Waals surface area contributed by atoms with E-state index in [0.717, 1.165) is 40.7 Å². The van der Waals surface area contributed by atoms with Crippen LogP contribution in [0.4, 0.5) is 0 Å². The molecule has 0 saturated carbocycles. The van der Waals surface area contributed by atoms with E-state index >= 15 is 0 Å². The van der Waals surface area contributed by atoms with Crippen molar-refractivity contribution >= 4 is 41.0 Å². The average Bonchev–Trinajstić information content (AvgIpc) is 3.01. The number of aliphatic imine (C=N–C) groups is 1. The highest BCUT2D eigenvalue weighted by Crippen LogP contribution is 2.21. The van der Waals surface area contributed by atoms with Crippen molar-refractivity contribution in [1.29, 1.82) is 0 Å². The third-order valence-electron chi connectivity index (χ3n) is 4.57. The number of guanidine groups is 1. The van der Waals surface area contributed by atoms with Gasteiger partial charge in [-0.3, -0.25) is 0 Å². The summed E-state index contributed by atoms with van der Waals surface area (Å²) in [5.74, 6) is 2.63. The summed E-state index contributed by atoms with van der Waals surface area (Å²) in [6, 6.07) is 14.4. The van der Waals surface area contributed by atoms with Gasteiger partial charge in [-0.25, -0.2) is 9.98 Å². The van der Waals surface area contributed by atoms with Crippen LogP contribution in [0.3, 0.4) is 0 Å². The zero-order chi connectivity index (χ0) is 19.9. The largest absolute Gasteiger partial charge is 0.494 e. The number of para-hydroxylation sites is 2. The van der Waals surface area contributed by atoms with E-state index < -0.39 is 0 Å². The normalized spacial score (nSPS) is 11.2. The third kappa shape index (κ3) is 5.85. The molecule has 0 unspecified atom stereocenters. The molecule has 0 fully saturated rings. The van der Waals surface area contributed by atoms with Gasteiger partial charge in [0.1, 0.15) is 11.6 Å². The van der Waals surface area contributed by atoms with Crippen molar-refractivity contribution in [1.82, 2.24) is 20.2 Å². The fourth-order valence-corrected chi connectivity index (χ4v) is 3.10. The van der Waals surface area contributed by atoms with Crippen molar-refractivity contribution in [3.05, 3.63) is 59.4 Å². The molecule has 2 N–H and O–H groups in total. The molecule has 0 atom stereocenters. The maximum absolute atomic E-state index is 5.77. The average molecular weight is 507 g/mol. The van der Waals surface area contributed by atoms with Gasteiger partial charge in [-0.05, 0) is 44.5 Å². The zero-order valence-corrected chi connectivity index (χ0v) is 19.9. The number of benzene rings is 2. The lowest BCUT2D eigenvalue weighted by atomic mass is 10.1. The molecule has 7 heteroatoms. The van der Waals surface area contributed by atoms with Crippen LogP contribution in [0, 0.1) is 6.92 Å². The quantitative estimate of drug-likeness (QED) is 0.287. The van der Waals surface area contributed by atoms with Crippen molar-refractivity contribution in [3.8, 4) is 5.75 Å². The van der Waals surface area contributed by atoms with Crippen LogP contribution in [0.1, 0.15) is 30.8 Å². The first-order chi connectivity index (χ1) is 13.6. The van der Waals surface area contributed by atoms with Crippen molar-refractivity contribution in [3.63, 3.8) is 0 Å². The van der Waals surface area contributed by atoms with E-state index in [2.05, 4.69) is 53.3 Å². The van der Waals surface area contributed by atoms with E-state index in [9.17, 15) is 0 Å². The molecule has 0 saturated heterocycles. The van der Waals surface area contributed by atoms with Crippen molar-refractivity contribution in [2.45, 2.75) is 33.9 Å². The van der Waals surface area contributed by atoms with E-state index in [1.165, 1.54) is 5.56 Å². The minimum Gasteiger partial charge on any atom is -0.494 e. The summed E-state index contributed by atoms with van der Waals surface area (Å²) in [6.45, 7) is 8.71. The van der Waals surface area contributed by atoms with Crippen LogP contribution in [0.25, 0.3) is 11.0 Å². The molecule has 3 rings (SSSR count). The summed E-state index contributed by atoms with van der Waals surface area (Å²) in [5, 5.41) is 6.69. The first-order valence-corrected chi connectivity index (χ1v) is 9.77. The Morgan fingerprint density at radius 3 is 2.66 bits per heavy atom. The lowest BCUT2D eigenvalue weighted by Crippen LogP contribution is -2.37. The second kappa shape index (κ2) is 11.0. The number of imidazole rings is 1. The molecule has 3 aromatic rings. The van der Waals surface area contributed by atoms with Crippen LogP contribution in [0.2, 0.25) is 0 Å². The van der Waals surface area contributed by atoms with Gasteiger partial charge in [-0.15, -0.1) is 24.0 Å². The summed E-state index contributed by atoms with van der Waals surface area (Å²) in [5.41, 5.74) is 4.39. The molecular formula is C22H30IN5O. The highest BCUT2D eigenvalue weighted by Gasteiger charge is 2.08. The Morgan fingerprint density at radius 1 is 1.14 bits per heavy atom. The number of ether oxygens (including phenoxy) is 1. The summed E-state index contributed by atoms with van der Waals surface area (Å²) in [4.78, 5) is 9.44. The highest BCUT2D eigenvalue weighted by molar-refractivity contribution is 14.0. The second-order valence-corrected chi connectivity index (χ2v) is 6.67. The standard InChI is InChI=1S/C22H29N5O.HI/c1-5-23-22(24-14-17-12-11-16(3)13-20(17)28-6-2)25-15-21-26-18-9-7-8-10-19(18)27(21)4;/h7-13H,5-6,14-15H2,1-4H3,(H2,23,24,25);1H. The number of halogens is 1. The van der Waals surface area contributed by atoms with Crippen molar-refractivity contribution < 1.29 is 4.74 Å². The molecule has 2 aromatic carbocycles. The number of hydrogen-bond acceptors (Lipinski definition) is 3.